The van der Waals surface area contributed by atoms with Crippen LogP contribution in [-0.2, 0) is 109 Å². The first kappa shape index (κ1) is 110. The number of aliphatic hydroxyl groups is 4. The number of benzene rings is 5. The normalized spacial score (nSPS) is 15.6. The Morgan fingerprint density at radius 3 is 1.38 bits per heavy atom. The van der Waals surface area contributed by atoms with E-state index in [4.69, 9.17) is 28.0 Å². The molecular weight excluding hydrogens is 1840 g/mol. The van der Waals surface area contributed by atoms with Crippen molar-refractivity contribution in [1.82, 2.24) is 78.3 Å². The molecule has 8 aromatic rings. The van der Waals surface area contributed by atoms with Crippen LogP contribution < -0.4 is 75.7 Å². The number of carbonyl (C=O) groups is 16. The number of amides is 10. The molecule has 1 unspecified atom stereocenters. The molecule has 4 heterocycles. The van der Waals surface area contributed by atoms with Crippen molar-refractivity contribution in [2.24, 2.45) is 40.9 Å². The maximum atomic E-state index is 15.7. The van der Waals surface area contributed by atoms with E-state index in [-0.39, 0.29) is 116 Å². The highest BCUT2D eigenvalue weighted by Crippen LogP contribution is 2.30. The third-order valence-electron chi connectivity index (χ3n) is 24.8. The van der Waals surface area contributed by atoms with Crippen LogP contribution in [0.2, 0.25) is 0 Å². The minimum atomic E-state index is -1.89. The van der Waals surface area contributed by atoms with Gasteiger partial charge in [0.25, 0.3) is 0 Å². The molecule has 3 aromatic heterocycles. The summed E-state index contributed by atoms with van der Waals surface area (Å²) in [6.45, 7) is 0.268. The number of aromatic amines is 3. The van der Waals surface area contributed by atoms with E-state index in [2.05, 4.69) is 86.1 Å². The van der Waals surface area contributed by atoms with Gasteiger partial charge in [0, 0.05) is 140 Å². The number of nitrogens with two attached hydrogens (primary N) is 3. The summed E-state index contributed by atoms with van der Waals surface area (Å²) in [6, 6.07) is 22.4. The molecule has 0 saturated carbocycles. The number of hydrogen-bond donors (Lipinski definition) is 26. The predicted molar refractivity (Wildman–Crippen MR) is 523 cm³/mol. The number of likely N-dealkylation sites (tertiary alicyclic amines) is 1. The van der Waals surface area contributed by atoms with Gasteiger partial charge in [0.15, 0.2) is 35.1 Å². The van der Waals surface area contributed by atoms with E-state index in [1.807, 2.05) is 0 Å². The lowest BCUT2D eigenvalue weighted by atomic mass is 9.87. The number of guanidine groups is 2. The Morgan fingerprint density at radius 2 is 0.865 bits per heavy atom. The Morgan fingerprint density at radius 1 is 0.433 bits per heavy atom. The van der Waals surface area contributed by atoms with E-state index in [0.29, 0.717) is 56.0 Å². The van der Waals surface area contributed by atoms with Crippen LogP contribution in [0.4, 0.5) is 0 Å². The Balaban J connectivity index is 0.983. The Kier molecular flexibility index (Phi) is 43.0. The molecule has 758 valence electrons. The number of carboxylic acids is 2. The first-order chi connectivity index (χ1) is 67.5. The molecule has 9 rings (SSSR count). The van der Waals surface area contributed by atoms with E-state index in [9.17, 15) is 73.8 Å². The van der Waals surface area contributed by atoms with Gasteiger partial charge >= 0.3 is 11.9 Å². The number of nitrogens with one attached hydrogen (secondary N) is 16. The number of fused-ring (bicyclic) bond motifs is 3. The molecule has 0 radical (unpaired) electrons. The van der Waals surface area contributed by atoms with E-state index in [1.54, 1.807) is 152 Å². The summed E-state index contributed by atoms with van der Waals surface area (Å²) in [4.78, 5) is 243. The zero-order valence-electron chi connectivity index (χ0n) is 78.4. The highest BCUT2D eigenvalue weighted by atomic mass is 32.1. The number of H-pyrrole nitrogens is 3. The zero-order valence-corrected chi connectivity index (χ0v) is 79.3. The van der Waals surface area contributed by atoms with Gasteiger partial charge < -0.3 is 126 Å². The second-order valence-electron chi connectivity index (χ2n) is 35.4. The fourth-order valence-electron chi connectivity index (χ4n) is 17.2. The molecule has 42 nitrogen and oxygen atoms in total. The SMILES string of the molecule is C[C@@H](O)[C@H](CC(=O)C(CS)NC(=O)C[C@H](CC(=O)[C@H](Cc1c[nH]c2ccccc12)NC(=O)[C@H](CCCCN)NC(=O)[C@H](Cc1ccccc1)NC(=O)CO)C(=O)N1CCC[C@H]1C(=O)N[C@@H](CCCNC(=N)N)C(=O)N[C@@H](CO)C(=O)O)C(=O)N[C@H](C(=O)C[C@@H](Cc1c[nH]c2ccccc12)C(=O)N[C@@H](Cc1ccccc1)C(=O)C[C@@H](CCCNC(=N)N)C(=O)N[C@@H](Cc1c[nH]c2ccccc12)C(=O)O)[C@@H](C)O. The van der Waals surface area contributed by atoms with Crippen molar-refractivity contribution in [3.8, 4) is 0 Å². The highest BCUT2D eigenvalue weighted by Gasteiger charge is 2.44. The number of Topliss-reactive ketones (excluding diaryl/α,β-unsaturated/α-hetero) is 4. The molecule has 1 fully saturated rings. The summed E-state index contributed by atoms with van der Waals surface area (Å²) in [6.07, 6.45) is -3.32. The van der Waals surface area contributed by atoms with Crippen molar-refractivity contribution in [2.75, 3.05) is 45.1 Å². The number of rotatable bonds is 60. The van der Waals surface area contributed by atoms with Crippen LogP contribution in [0.3, 0.4) is 0 Å². The first-order valence-electron chi connectivity index (χ1n) is 46.8. The molecule has 1 saturated heterocycles. The fourth-order valence-corrected chi connectivity index (χ4v) is 17.5. The Bertz CT molecular complexity index is 5700. The molecule has 28 N–H and O–H groups in total. The number of hydrogen-bond acceptors (Lipinski definition) is 24. The number of thiol groups is 1. The van der Waals surface area contributed by atoms with E-state index in [0.717, 1.165) is 29.7 Å². The van der Waals surface area contributed by atoms with Gasteiger partial charge in [0.05, 0.1) is 48.8 Å². The number of para-hydroxylation sites is 3. The smallest absolute Gasteiger partial charge is 0.328 e. The van der Waals surface area contributed by atoms with Crippen molar-refractivity contribution >= 4 is 151 Å². The summed E-state index contributed by atoms with van der Waals surface area (Å²) in [5.41, 5.74) is 21.7. The molecule has 0 bridgehead atoms. The van der Waals surface area contributed by atoms with Gasteiger partial charge in [-0.1, -0.05) is 115 Å². The molecule has 1 aliphatic rings. The van der Waals surface area contributed by atoms with Crippen LogP contribution in [-0.4, -0.2) is 274 Å². The monoisotopic (exact) mass is 1970 g/mol. The minimum absolute atomic E-state index is 0.0111. The van der Waals surface area contributed by atoms with E-state index in [1.165, 1.54) is 0 Å². The number of ketones is 4. The highest BCUT2D eigenvalue weighted by molar-refractivity contribution is 7.80. The van der Waals surface area contributed by atoms with Crippen molar-refractivity contribution in [3.63, 3.8) is 0 Å². The lowest BCUT2D eigenvalue weighted by Gasteiger charge is -2.30. The lowest BCUT2D eigenvalue weighted by Crippen LogP contribution is -2.57. The molecule has 1 aliphatic heterocycles. The van der Waals surface area contributed by atoms with Crippen molar-refractivity contribution in [1.29, 1.82) is 10.8 Å². The Hall–Kier alpha value is -14.3. The van der Waals surface area contributed by atoms with Gasteiger partial charge in [-0.05, 0) is 137 Å². The van der Waals surface area contributed by atoms with Gasteiger partial charge in [0.1, 0.15) is 48.9 Å². The molecule has 10 amide bonds. The molecule has 5 aromatic carbocycles. The first-order valence-corrected chi connectivity index (χ1v) is 47.5. The second-order valence-corrected chi connectivity index (χ2v) is 35.7. The third kappa shape index (κ3) is 33.2. The largest absolute Gasteiger partial charge is 0.480 e. The maximum absolute atomic E-state index is 15.7. The molecule has 0 spiro atoms. The summed E-state index contributed by atoms with van der Waals surface area (Å²) in [5.74, 6) is -23.8. The average Bonchev–Trinajstić information content (AvgIpc) is 1.72. The number of unbranched alkanes of at least 4 members (excludes halogenated alkanes) is 1. The zero-order chi connectivity index (χ0) is 103. The van der Waals surface area contributed by atoms with Crippen molar-refractivity contribution < 1.29 is 107 Å². The summed E-state index contributed by atoms with van der Waals surface area (Å²) >= 11 is 4.40. The van der Waals surface area contributed by atoms with Gasteiger partial charge in [-0.25, -0.2) is 9.59 Å². The summed E-state index contributed by atoms with van der Waals surface area (Å²) < 4.78 is 0. The van der Waals surface area contributed by atoms with Crippen LogP contribution in [0.5, 0.6) is 0 Å². The van der Waals surface area contributed by atoms with Gasteiger partial charge in [-0.15, -0.1) is 0 Å². The maximum Gasteiger partial charge on any atom is 0.328 e. The molecular formula is C98H128N20O22S. The predicted octanol–water partition coefficient (Wildman–Crippen LogP) is 0.190. The van der Waals surface area contributed by atoms with Crippen LogP contribution in [0.25, 0.3) is 32.7 Å². The van der Waals surface area contributed by atoms with Crippen molar-refractivity contribution in [2.45, 2.75) is 208 Å². The molecule has 16 atom stereocenters. The van der Waals surface area contributed by atoms with Crippen LogP contribution in [0.1, 0.15) is 132 Å². The number of carbonyl (C=O) groups excluding carboxylic acids is 14. The quantitative estimate of drug-likeness (QED) is 0.0105. The number of carboxylic acid groups (broad SMARTS) is 2. The van der Waals surface area contributed by atoms with Crippen LogP contribution in [0, 0.1) is 34.5 Å². The average molecular weight is 1970 g/mol. The third-order valence-corrected chi connectivity index (χ3v) is 25.2. The molecule has 0 aliphatic carbocycles. The van der Waals surface area contributed by atoms with Crippen LogP contribution >= 0.6 is 12.6 Å². The molecule has 43 heteroatoms. The standard InChI is InChI=1S/C98H128N20O22S/c1-54(121)67(89(131)117-86(55(2)122)83(126)44-59(40-61-48-106-68-28-12-9-25-64(61)68)88(130)113-73(38-56-20-5-3-6-21-56)80(123)43-58(24-17-35-104-97(100)101)87(129)115-76(95(137)138)42-63-50-108-70-30-14-11-27-66(63)70)47-82(125)78(53-141)110-84(127)46-60(94(136)118-37-19-33-79(118)93(135)112-72(32-18-36-105-98(102)103)91(133)116-77(51-119)96(139)140)45-81(124)74(41-62-49-107-69-29-13-10-26-65(62)69)114-90(132)71(31-15-16-34-99)111-92(134)75(109-85(128)52-120)39-57-22-7-4-8-23-57/h3-14,20-23,25-30,48-50,54-55,58-60,67,71-79,86,106-108,119-122,141H,15-19,24,31-47,51-53,99H2,1-2H3,(H,109,128)(H,110,127)(H,111,134)(H,112,135)(H,113,130)(H,114,132)(H,115,129)(H,116,133)(H,117,131)(H,137,138)(H,139,140)(H4,100,101,104)(H4,102,103,105)/t54-,55-,58-,59-,60+,67+,71+,72+,73+,74+,75+,76+,77+,78?,79+,86+/m1/s1. The van der Waals surface area contributed by atoms with Gasteiger partial charge in [0.2, 0.25) is 59.1 Å². The van der Waals surface area contributed by atoms with E-state index < -0.39 is 247 Å². The number of aromatic nitrogens is 3. The number of nitrogens with zero attached hydrogens (tertiary/aromatic N) is 1. The topological polar surface area (TPSA) is 703 Å². The summed E-state index contributed by atoms with van der Waals surface area (Å²) in [5, 5.41) is 109. The number of aliphatic hydroxyl groups excluding tert-OH is 4. The minimum Gasteiger partial charge on any atom is -0.480 e. The van der Waals surface area contributed by atoms with Gasteiger partial charge in [-0.2, -0.15) is 12.6 Å². The van der Waals surface area contributed by atoms with Crippen LogP contribution in [0.15, 0.2) is 152 Å². The van der Waals surface area contributed by atoms with Crippen molar-refractivity contribution in [3.05, 3.63) is 180 Å². The molecule has 141 heavy (non-hydrogen) atoms. The van der Waals surface area contributed by atoms with E-state index >= 15 is 33.6 Å². The van der Waals surface area contributed by atoms with Gasteiger partial charge in [-0.3, -0.25) is 77.9 Å². The Labute approximate surface area is 818 Å². The second kappa shape index (κ2) is 54.9. The number of aliphatic carboxylic acids is 2. The fraction of sp³-hybridized carbons (Fsp3) is 0.449. The lowest BCUT2D eigenvalue weighted by molar-refractivity contribution is -0.146. The summed E-state index contributed by atoms with van der Waals surface area (Å²) in [7, 11) is 0.